The van der Waals surface area contributed by atoms with E-state index in [4.69, 9.17) is 9.63 Å². The van der Waals surface area contributed by atoms with Crippen LogP contribution >= 0.6 is 0 Å². The highest BCUT2D eigenvalue weighted by Crippen LogP contribution is 2.58. The average molecular weight is 252 g/mol. The van der Waals surface area contributed by atoms with Gasteiger partial charge >= 0.3 is 5.97 Å². The number of carboxylic acids is 1. The molecule has 2 atom stereocenters. The Morgan fingerprint density at radius 2 is 1.94 bits per heavy atom. The lowest BCUT2D eigenvalue weighted by atomic mass is 10.1. The maximum atomic E-state index is 12.0. The number of carbonyl (C=O) groups is 2. The van der Waals surface area contributed by atoms with Crippen molar-refractivity contribution in [2.24, 2.45) is 17.3 Å². The molecule has 1 saturated carbocycles. The zero-order chi connectivity index (χ0) is 13.7. The summed E-state index contributed by atoms with van der Waals surface area (Å²) in [7, 11) is 0. The molecule has 2 rings (SSSR count). The first-order valence-corrected chi connectivity index (χ1v) is 5.73. The molecule has 1 amide bonds. The number of nitrogens with zero attached hydrogens (tertiary/aromatic N) is 1. The molecule has 6 heteroatoms. The van der Waals surface area contributed by atoms with Crippen LogP contribution in [0, 0.1) is 31.1 Å². The normalized spacial score (nSPS) is 24.7. The third kappa shape index (κ3) is 1.77. The van der Waals surface area contributed by atoms with Crippen LogP contribution in [0.5, 0.6) is 0 Å². The summed E-state index contributed by atoms with van der Waals surface area (Å²) in [5.41, 5.74) is 0.947. The first kappa shape index (κ1) is 12.6. The summed E-state index contributed by atoms with van der Waals surface area (Å²) in [4.78, 5) is 23.0. The van der Waals surface area contributed by atoms with E-state index in [2.05, 4.69) is 10.5 Å². The maximum absolute atomic E-state index is 12.0. The minimum atomic E-state index is -0.939. The van der Waals surface area contributed by atoms with E-state index in [0.29, 0.717) is 11.6 Å². The van der Waals surface area contributed by atoms with Crippen LogP contribution in [0.15, 0.2) is 4.52 Å². The van der Waals surface area contributed by atoms with Gasteiger partial charge in [0.25, 0.3) is 0 Å². The first-order chi connectivity index (χ1) is 8.26. The SMILES string of the molecule is Cc1noc(NC(=O)[C@H]2[C@@H](C(=O)O)C2(C)C)c1C. The summed E-state index contributed by atoms with van der Waals surface area (Å²) in [6.45, 7) is 7.10. The van der Waals surface area contributed by atoms with E-state index in [1.165, 1.54) is 0 Å². The van der Waals surface area contributed by atoms with E-state index in [0.717, 1.165) is 5.56 Å². The van der Waals surface area contributed by atoms with Crippen LogP contribution < -0.4 is 5.32 Å². The summed E-state index contributed by atoms with van der Waals surface area (Å²) < 4.78 is 4.98. The molecule has 0 aromatic carbocycles. The lowest BCUT2D eigenvalue weighted by Gasteiger charge is -2.03. The van der Waals surface area contributed by atoms with Gasteiger partial charge in [-0.1, -0.05) is 19.0 Å². The summed E-state index contributed by atoms with van der Waals surface area (Å²) >= 11 is 0. The highest BCUT2D eigenvalue weighted by atomic mass is 16.5. The second-order valence-electron chi connectivity index (χ2n) is 5.33. The average Bonchev–Trinajstić information content (AvgIpc) is 2.73. The van der Waals surface area contributed by atoms with E-state index in [1.807, 2.05) is 0 Å². The van der Waals surface area contributed by atoms with Gasteiger partial charge in [0.2, 0.25) is 11.8 Å². The molecular formula is C12H16N2O4. The number of aliphatic carboxylic acids is 1. The molecule has 1 heterocycles. The van der Waals surface area contributed by atoms with E-state index < -0.39 is 23.2 Å². The Morgan fingerprint density at radius 3 is 2.33 bits per heavy atom. The Morgan fingerprint density at radius 1 is 1.33 bits per heavy atom. The van der Waals surface area contributed by atoms with E-state index in [-0.39, 0.29) is 5.91 Å². The van der Waals surface area contributed by atoms with Crippen molar-refractivity contribution >= 4 is 17.8 Å². The number of carbonyl (C=O) groups excluding carboxylic acids is 1. The van der Waals surface area contributed by atoms with Gasteiger partial charge in [-0.15, -0.1) is 0 Å². The summed E-state index contributed by atoms with van der Waals surface area (Å²) in [6, 6.07) is 0. The summed E-state index contributed by atoms with van der Waals surface area (Å²) in [5, 5.41) is 15.4. The van der Waals surface area contributed by atoms with Gasteiger partial charge in [0.05, 0.1) is 17.5 Å². The Labute approximate surface area is 104 Å². The highest BCUT2D eigenvalue weighted by molar-refractivity contribution is 5.99. The molecule has 0 unspecified atom stereocenters. The third-order valence-corrected chi connectivity index (χ3v) is 3.77. The molecule has 0 aliphatic heterocycles. The van der Waals surface area contributed by atoms with E-state index >= 15 is 0 Å². The smallest absolute Gasteiger partial charge is 0.307 e. The number of aryl methyl sites for hydroxylation is 1. The number of anilines is 1. The Balaban J connectivity index is 2.11. The summed E-state index contributed by atoms with van der Waals surface area (Å²) in [6.07, 6.45) is 0. The van der Waals surface area contributed by atoms with Gasteiger partial charge in [-0.25, -0.2) is 0 Å². The Kier molecular flexibility index (Phi) is 2.68. The van der Waals surface area contributed by atoms with Crippen LogP contribution in [-0.4, -0.2) is 22.1 Å². The van der Waals surface area contributed by atoms with Gasteiger partial charge in [-0.2, -0.15) is 0 Å². The fourth-order valence-electron chi connectivity index (χ4n) is 2.31. The molecule has 1 aromatic rings. The molecule has 6 nitrogen and oxygen atoms in total. The Hall–Kier alpha value is -1.85. The highest BCUT2D eigenvalue weighted by Gasteiger charge is 2.66. The van der Waals surface area contributed by atoms with Crippen molar-refractivity contribution in [1.29, 1.82) is 0 Å². The van der Waals surface area contributed by atoms with E-state index in [1.54, 1.807) is 27.7 Å². The number of carboxylic acid groups (broad SMARTS) is 1. The predicted octanol–water partition coefficient (Wildman–Crippen LogP) is 1.59. The first-order valence-electron chi connectivity index (χ1n) is 5.73. The largest absolute Gasteiger partial charge is 0.481 e. The minimum absolute atomic E-state index is 0.296. The standard InChI is InChI=1S/C12H16N2O4/c1-5-6(2)14-18-10(5)13-9(15)7-8(11(16)17)12(7,3)4/h7-8H,1-4H3,(H,13,15)(H,16,17)/t7-,8+/m1/s1. The van der Waals surface area contributed by atoms with Crippen LogP contribution in [0.1, 0.15) is 25.1 Å². The van der Waals surface area contributed by atoms with Crippen molar-refractivity contribution in [2.75, 3.05) is 5.32 Å². The number of hydrogen-bond donors (Lipinski definition) is 2. The number of nitrogens with one attached hydrogen (secondary N) is 1. The van der Waals surface area contributed by atoms with Crippen LogP contribution in [0.2, 0.25) is 0 Å². The molecular weight excluding hydrogens is 236 g/mol. The van der Waals surface area contributed by atoms with Gasteiger partial charge in [0.1, 0.15) is 0 Å². The van der Waals surface area contributed by atoms with Crippen LogP contribution in [0.25, 0.3) is 0 Å². The number of amides is 1. The maximum Gasteiger partial charge on any atom is 0.307 e. The topological polar surface area (TPSA) is 92.4 Å². The van der Waals surface area contributed by atoms with Crippen molar-refractivity contribution in [3.8, 4) is 0 Å². The molecule has 1 fully saturated rings. The lowest BCUT2D eigenvalue weighted by Crippen LogP contribution is -2.17. The van der Waals surface area contributed by atoms with Crippen LogP contribution in [0.3, 0.4) is 0 Å². The van der Waals surface area contributed by atoms with Crippen LogP contribution in [-0.2, 0) is 9.59 Å². The molecule has 2 N–H and O–H groups in total. The third-order valence-electron chi connectivity index (χ3n) is 3.77. The number of hydrogen-bond acceptors (Lipinski definition) is 4. The lowest BCUT2D eigenvalue weighted by molar-refractivity contribution is -0.140. The van der Waals surface area contributed by atoms with Gasteiger partial charge in [-0.05, 0) is 19.3 Å². The van der Waals surface area contributed by atoms with Gasteiger partial charge in [0.15, 0.2) is 0 Å². The quantitative estimate of drug-likeness (QED) is 0.852. The van der Waals surface area contributed by atoms with Crippen molar-refractivity contribution in [3.05, 3.63) is 11.3 Å². The Bertz CT molecular complexity index is 518. The number of rotatable bonds is 3. The zero-order valence-corrected chi connectivity index (χ0v) is 10.8. The monoisotopic (exact) mass is 252 g/mol. The molecule has 1 aromatic heterocycles. The molecule has 0 saturated heterocycles. The minimum Gasteiger partial charge on any atom is -0.481 e. The van der Waals surface area contributed by atoms with Crippen molar-refractivity contribution in [2.45, 2.75) is 27.7 Å². The molecule has 18 heavy (non-hydrogen) atoms. The molecule has 1 aliphatic carbocycles. The molecule has 0 bridgehead atoms. The summed E-state index contributed by atoms with van der Waals surface area (Å²) in [5.74, 6) is -2.14. The molecule has 0 radical (unpaired) electrons. The van der Waals surface area contributed by atoms with Crippen molar-refractivity contribution < 1.29 is 19.2 Å². The second kappa shape index (κ2) is 3.83. The number of aromatic nitrogens is 1. The second-order valence-corrected chi connectivity index (χ2v) is 5.33. The van der Waals surface area contributed by atoms with E-state index in [9.17, 15) is 9.59 Å². The molecule has 98 valence electrons. The predicted molar refractivity (Wildman–Crippen MR) is 63.0 cm³/mol. The van der Waals surface area contributed by atoms with Crippen molar-refractivity contribution in [1.82, 2.24) is 5.16 Å². The fourth-order valence-corrected chi connectivity index (χ4v) is 2.31. The molecule has 1 aliphatic rings. The van der Waals surface area contributed by atoms with Gasteiger partial charge in [-0.3, -0.25) is 14.9 Å². The molecule has 0 spiro atoms. The van der Waals surface area contributed by atoms with Gasteiger partial charge < -0.3 is 9.63 Å². The van der Waals surface area contributed by atoms with Gasteiger partial charge in [0, 0.05) is 5.56 Å². The van der Waals surface area contributed by atoms with Crippen LogP contribution in [0.4, 0.5) is 5.88 Å². The zero-order valence-electron chi connectivity index (χ0n) is 10.8. The van der Waals surface area contributed by atoms with Crippen molar-refractivity contribution in [3.63, 3.8) is 0 Å². The fraction of sp³-hybridized carbons (Fsp3) is 0.583.